The molecule has 0 aliphatic carbocycles. The number of thiocarbonyl (C=S) groups is 1. The molecule has 1 atom stereocenters. The molecule has 0 spiro atoms. The summed E-state index contributed by atoms with van der Waals surface area (Å²) in [4.78, 5) is 3.05. The molecule has 0 fully saturated rings. The number of benzene rings is 1. The van der Waals surface area contributed by atoms with Crippen LogP contribution in [-0.2, 0) is 6.54 Å². The van der Waals surface area contributed by atoms with Gasteiger partial charge in [-0.25, -0.2) is 0 Å². The predicted molar refractivity (Wildman–Crippen MR) is 92.1 cm³/mol. The van der Waals surface area contributed by atoms with E-state index in [1.54, 1.807) is 0 Å². The molecule has 3 heteroatoms. The summed E-state index contributed by atoms with van der Waals surface area (Å²) in [6.07, 6.45) is 3.69. The molecule has 0 aromatic heterocycles. The van der Waals surface area contributed by atoms with Crippen molar-refractivity contribution in [1.29, 1.82) is 0 Å². The lowest BCUT2D eigenvalue weighted by atomic mass is 10.0. The highest BCUT2D eigenvalue weighted by Crippen LogP contribution is 2.17. The Hall–Kier alpha value is -0.930. The maximum Gasteiger partial charge on any atom is 0.103 e. The summed E-state index contributed by atoms with van der Waals surface area (Å²) in [5, 5.41) is 0. The largest absolute Gasteiger partial charge is 0.389 e. The van der Waals surface area contributed by atoms with Crippen LogP contribution in [0.25, 0.3) is 0 Å². The van der Waals surface area contributed by atoms with Crippen LogP contribution in [0, 0.1) is 6.92 Å². The Balaban J connectivity index is 2.84. The van der Waals surface area contributed by atoms with E-state index in [2.05, 4.69) is 44.7 Å². The second-order valence-corrected chi connectivity index (χ2v) is 6.03. The first-order valence-corrected chi connectivity index (χ1v) is 8.03. The summed E-state index contributed by atoms with van der Waals surface area (Å²) in [6.45, 7) is 11.1. The molecule has 1 aromatic rings. The Morgan fingerprint density at radius 2 is 2.05 bits per heavy atom. The first-order valence-electron chi connectivity index (χ1n) is 7.62. The number of hydrogen-bond acceptors (Lipinski definition) is 2. The maximum absolute atomic E-state index is 5.69. The molecule has 1 rings (SSSR count). The molecule has 2 N–H and O–H groups in total. The lowest BCUT2D eigenvalue weighted by Crippen LogP contribution is -2.33. The normalized spacial score (nSPS) is 12.7. The third kappa shape index (κ3) is 4.88. The van der Waals surface area contributed by atoms with Gasteiger partial charge in [0, 0.05) is 18.2 Å². The van der Waals surface area contributed by atoms with Gasteiger partial charge in [0.25, 0.3) is 0 Å². The van der Waals surface area contributed by atoms with Crippen molar-refractivity contribution >= 4 is 17.2 Å². The molecule has 0 heterocycles. The fourth-order valence-corrected chi connectivity index (χ4v) is 2.45. The van der Waals surface area contributed by atoms with E-state index >= 15 is 0 Å². The fourth-order valence-electron chi connectivity index (χ4n) is 2.32. The van der Waals surface area contributed by atoms with E-state index in [9.17, 15) is 0 Å². The standard InChI is InChI=1S/C17H28N2S/c1-5-7-10-19(14(4)6-2)12-16-9-8-15(17(18)20)11-13(16)3/h8-9,11,14H,5-7,10,12H2,1-4H3,(H2,18,20). The second-order valence-electron chi connectivity index (χ2n) is 5.59. The second kappa shape index (κ2) is 8.38. The molecule has 0 aliphatic heterocycles. The molecule has 0 saturated heterocycles. The number of unbranched alkanes of at least 4 members (excludes halogenated alkanes) is 1. The van der Waals surface area contributed by atoms with Gasteiger partial charge in [0.1, 0.15) is 4.99 Å². The Morgan fingerprint density at radius 3 is 2.55 bits per heavy atom. The van der Waals surface area contributed by atoms with E-state index in [-0.39, 0.29) is 0 Å². The minimum absolute atomic E-state index is 0.476. The van der Waals surface area contributed by atoms with Gasteiger partial charge in [0.2, 0.25) is 0 Å². The summed E-state index contributed by atoms with van der Waals surface area (Å²) in [7, 11) is 0. The van der Waals surface area contributed by atoms with Crippen molar-refractivity contribution in [2.24, 2.45) is 5.73 Å². The van der Waals surface area contributed by atoms with Gasteiger partial charge >= 0.3 is 0 Å². The Labute approximate surface area is 129 Å². The third-order valence-electron chi connectivity index (χ3n) is 4.01. The van der Waals surface area contributed by atoms with Crippen LogP contribution in [0.15, 0.2) is 18.2 Å². The average molecular weight is 292 g/mol. The summed E-state index contributed by atoms with van der Waals surface area (Å²) in [6, 6.07) is 6.94. The zero-order valence-corrected chi connectivity index (χ0v) is 14.1. The first-order chi connectivity index (χ1) is 9.49. The van der Waals surface area contributed by atoms with Crippen molar-refractivity contribution in [1.82, 2.24) is 4.90 Å². The topological polar surface area (TPSA) is 29.3 Å². The van der Waals surface area contributed by atoms with Crippen LogP contribution in [0.1, 0.15) is 56.7 Å². The molecule has 1 unspecified atom stereocenters. The van der Waals surface area contributed by atoms with Gasteiger partial charge in [-0.3, -0.25) is 4.90 Å². The van der Waals surface area contributed by atoms with Crippen molar-refractivity contribution in [3.8, 4) is 0 Å². The third-order valence-corrected chi connectivity index (χ3v) is 4.25. The number of nitrogens with zero attached hydrogens (tertiary/aromatic N) is 1. The quantitative estimate of drug-likeness (QED) is 0.734. The van der Waals surface area contributed by atoms with E-state index in [0.717, 1.165) is 12.1 Å². The predicted octanol–water partition coefficient (Wildman–Crippen LogP) is 4.03. The Morgan fingerprint density at radius 1 is 1.35 bits per heavy atom. The molecular weight excluding hydrogens is 264 g/mol. The molecule has 1 aromatic carbocycles. The smallest absolute Gasteiger partial charge is 0.103 e. The van der Waals surface area contributed by atoms with Gasteiger partial charge in [-0.2, -0.15) is 0 Å². The van der Waals surface area contributed by atoms with Gasteiger partial charge in [-0.15, -0.1) is 0 Å². The van der Waals surface area contributed by atoms with Crippen molar-refractivity contribution in [3.05, 3.63) is 34.9 Å². The number of nitrogens with two attached hydrogens (primary N) is 1. The molecule has 112 valence electrons. The molecular formula is C17H28N2S. The maximum atomic E-state index is 5.69. The summed E-state index contributed by atoms with van der Waals surface area (Å²) < 4.78 is 0. The van der Waals surface area contributed by atoms with Gasteiger partial charge < -0.3 is 5.73 Å². The van der Waals surface area contributed by atoms with Crippen LogP contribution in [0.4, 0.5) is 0 Å². The zero-order chi connectivity index (χ0) is 15.1. The first kappa shape index (κ1) is 17.1. The van der Waals surface area contributed by atoms with Crippen molar-refractivity contribution in [3.63, 3.8) is 0 Å². The summed E-state index contributed by atoms with van der Waals surface area (Å²) in [5.41, 5.74) is 9.31. The van der Waals surface area contributed by atoms with Gasteiger partial charge in [-0.1, -0.05) is 44.6 Å². The lowest BCUT2D eigenvalue weighted by molar-refractivity contribution is 0.192. The van der Waals surface area contributed by atoms with Crippen molar-refractivity contribution in [2.75, 3.05) is 6.54 Å². The monoisotopic (exact) mass is 292 g/mol. The molecule has 0 saturated carbocycles. The summed E-state index contributed by atoms with van der Waals surface area (Å²) in [5.74, 6) is 0. The van der Waals surface area contributed by atoms with E-state index < -0.39 is 0 Å². The van der Waals surface area contributed by atoms with Gasteiger partial charge in [0.05, 0.1) is 0 Å². The fraction of sp³-hybridized carbons (Fsp3) is 0.588. The molecule has 2 nitrogen and oxygen atoms in total. The van der Waals surface area contributed by atoms with E-state index in [1.807, 2.05) is 6.07 Å². The van der Waals surface area contributed by atoms with Gasteiger partial charge in [0.15, 0.2) is 0 Å². The van der Waals surface area contributed by atoms with Crippen LogP contribution >= 0.6 is 12.2 Å². The average Bonchev–Trinajstić information content (AvgIpc) is 2.43. The van der Waals surface area contributed by atoms with Crippen molar-refractivity contribution < 1.29 is 0 Å². The van der Waals surface area contributed by atoms with Crippen LogP contribution in [0.3, 0.4) is 0 Å². The Kier molecular flexibility index (Phi) is 7.17. The van der Waals surface area contributed by atoms with Crippen LogP contribution in [0.5, 0.6) is 0 Å². The Bertz CT molecular complexity index is 443. The SMILES string of the molecule is CCCCN(Cc1ccc(C(N)=S)cc1C)C(C)CC. The van der Waals surface area contributed by atoms with Crippen molar-refractivity contribution in [2.45, 2.75) is 59.5 Å². The minimum Gasteiger partial charge on any atom is -0.389 e. The van der Waals surface area contributed by atoms with Crippen LogP contribution < -0.4 is 5.73 Å². The molecule has 0 amide bonds. The highest BCUT2D eigenvalue weighted by Gasteiger charge is 2.13. The van der Waals surface area contributed by atoms with Crippen LogP contribution in [-0.4, -0.2) is 22.5 Å². The molecule has 0 bridgehead atoms. The van der Waals surface area contributed by atoms with Gasteiger partial charge in [-0.05, 0) is 50.4 Å². The lowest BCUT2D eigenvalue weighted by Gasteiger charge is -2.29. The van der Waals surface area contributed by atoms with E-state index in [4.69, 9.17) is 18.0 Å². The minimum atomic E-state index is 0.476. The molecule has 0 aliphatic rings. The zero-order valence-electron chi connectivity index (χ0n) is 13.3. The highest BCUT2D eigenvalue weighted by molar-refractivity contribution is 7.80. The van der Waals surface area contributed by atoms with E-state index in [0.29, 0.717) is 11.0 Å². The number of aryl methyl sites for hydroxylation is 1. The van der Waals surface area contributed by atoms with E-state index in [1.165, 1.54) is 36.9 Å². The summed E-state index contributed by atoms with van der Waals surface area (Å²) >= 11 is 5.04. The molecule has 0 radical (unpaired) electrons. The molecule has 20 heavy (non-hydrogen) atoms. The number of rotatable bonds is 8. The highest BCUT2D eigenvalue weighted by atomic mass is 32.1. The van der Waals surface area contributed by atoms with Crippen LogP contribution in [0.2, 0.25) is 0 Å². The number of hydrogen-bond donors (Lipinski definition) is 1.